The zero-order chi connectivity index (χ0) is 12.7. The Hall–Kier alpha value is -0.120. The van der Waals surface area contributed by atoms with E-state index >= 15 is 0 Å². The highest BCUT2D eigenvalue weighted by molar-refractivity contribution is 4.72. The first-order valence-electron chi connectivity index (χ1n) is 7.15. The molecule has 0 aliphatic carbocycles. The van der Waals surface area contributed by atoms with Gasteiger partial charge in [0.2, 0.25) is 0 Å². The molecule has 3 heteroatoms. The maximum Gasteiger partial charge on any atom is 0.0702 e. The van der Waals surface area contributed by atoms with Crippen LogP contribution in [0.25, 0.3) is 0 Å². The first-order chi connectivity index (χ1) is 8.09. The van der Waals surface area contributed by atoms with E-state index < -0.39 is 0 Å². The monoisotopic (exact) mass is 242 g/mol. The quantitative estimate of drug-likeness (QED) is 0.741. The smallest absolute Gasteiger partial charge is 0.0702 e. The highest BCUT2D eigenvalue weighted by atomic mass is 16.5. The number of hydrogen-bond donors (Lipinski definition) is 1. The molecule has 0 amide bonds. The highest BCUT2D eigenvalue weighted by Gasteiger charge is 2.18. The fourth-order valence-corrected chi connectivity index (χ4v) is 2.25. The van der Waals surface area contributed by atoms with E-state index in [9.17, 15) is 0 Å². The fourth-order valence-electron chi connectivity index (χ4n) is 2.25. The third-order valence-corrected chi connectivity index (χ3v) is 3.63. The van der Waals surface area contributed by atoms with Gasteiger partial charge in [-0.2, -0.15) is 0 Å². The summed E-state index contributed by atoms with van der Waals surface area (Å²) in [5.74, 6) is 0. The number of nitrogens with one attached hydrogen (secondary N) is 1. The number of likely N-dealkylation sites (N-methyl/N-ethyl adjacent to an activating group) is 1. The molecule has 1 aliphatic heterocycles. The van der Waals surface area contributed by atoms with Crippen molar-refractivity contribution in [1.29, 1.82) is 0 Å². The third kappa shape index (κ3) is 6.39. The molecule has 2 atom stereocenters. The van der Waals surface area contributed by atoms with E-state index in [1.165, 1.54) is 25.7 Å². The molecule has 0 radical (unpaired) electrons. The summed E-state index contributed by atoms with van der Waals surface area (Å²) in [5.41, 5.74) is 0. The molecule has 1 heterocycles. The van der Waals surface area contributed by atoms with Gasteiger partial charge in [-0.1, -0.05) is 13.8 Å². The average molecular weight is 242 g/mol. The van der Waals surface area contributed by atoms with Crippen molar-refractivity contribution < 1.29 is 4.74 Å². The second kappa shape index (κ2) is 8.06. The van der Waals surface area contributed by atoms with Crippen LogP contribution in [0.3, 0.4) is 0 Å². The van der Waals surface area contributed by atoms with Crippen molar-refractivity contribution in [2.75, 3.05) is 26.7 Å². The fraction of sp³-hybridized carbons (Fsp3) is 1.00. The Morgan fingerprint density at radius 2 is 2.06 bits per heavy atom. The van der Waals surface area contributed by atoms with Gasteiger partial charge in [-0.3, -0.25) is 0 Å². The number of rotatable bonds is 7. The molecule has 0 spiro atoms. The lowest BCUT2D eigenvalue weighted by molar-refractivity contribution is -0.00746. The molecule has 0 bridgehead atoms. The molecule has 2 unspecified atom stereocenters. The van der Waals surface area contributed by atoms with E-state index in [1.54, 1.807) is 0 Å². The summed E-state index contributed by atoms with van der Waals surface area (Å²) in [5, 5.41) is 3.48. The van der Waals surface area contributed by atoms with Gasteiger partial charge in [-0.25, -0.2) is 0 Å². The molecule has 0 saturated carbocycles. The van der Waals surface area contributed by atoms with Crippen LogP contribution in [0.5, 0.6) is 0 Å². The normalized spacial score (nSPS) is 23.3. The van der Waals surface area contributed by atoms with Crippen molar-refractivity contribution in [1.82, 2.24) is 10.2 Å². The van der Waals surface area contributed by atoms with Gasteiger partial charge in [0.05, 0.1) is 6.10 Å². The zero-order valence-corrected chi connectivity index (χ0v) is 12.0. The summed E-state index contributed by atoms with van der Waals surface area (Å²) in [6.07, 6.45) is 5.49. The van der Waals surface area contributed by atoms with Gasteiger partial charge in [-0.15, -0.1) is 0 Å². The molecule has 0 aromatic carbocycles. The lowest BCUT2D eigenvalue weighted by atomic mass is 10.1. The van der Waals surface area contributed by atoms with Crippen molar-refractivity contribution >= 4 is 0 Å². The van der Waals surface area contributed by atoms with Crippen LogP contribution < -0.4 is 5.32 Å². The Kier molecular flexibility index (Phi) is 7.09. The zero-order valence-electron chi connectivity index (χ0n) is 12.0. The van der Waals surface area contributed by atoms with E-state index in [0.717, 1.165) is 19.7 Å². The Labute approximate surface area is 107 Å². The van der Waals surface area contributed by atoms with E-state index in [1.807, 2.05) is 0 Å². The maximum absolute atomic E-state index is 5.78. The summed E-state index contributed by atoms with van der Waals surface area (Å²) in [6, 6.07) is 1.22. The Balaban J connectivity index is 2.14. The predicted molar refractivity (Wildman–Crippen MR) is 73.4 cm³/mol. The lowest BCUT2D eigenvalue weighted by Crippen LogP contribution is -2.40. The Bertz CT molecular complexity index is 191. The summed E-state index contributed by atoms with van der Waals surface area (Å²) < 4.78 is 5.78. The minimum Gasteiger partial charge on any atom is -0.377 e. The van der Waals surface area contributed by atoms with Crippen LogP contribution in [0.2, 0.25) is 0 Å². The van der Waals surface area contributed by atoms with Crippen LogP contribution in [0.4, 0.5) is 0 Å². The van der Waals surface area contributed by atoms with E-state index in [2.05, 4.69) is 38.0 Å². The first-order valence-corrected chi connectivity index (χ1v) is 7.15. The second-order valence-corrected chi connectivity index (χ2v) is 5.67. The van der Waals surface area contributed by atoms with Crippen molar-refractivity contribution in [3.05, 3.63) is 0 Å². The highest BCUT2D eigenvalue weighted by Crippen LogP contribution is 2.14. The van der Waals surface area contributed by atoms with Gasteiger partial charge in [0.15, 0.2) is 0 Å². The van der Waals surface area contributed by atoms with Gasteiger partial charge < -0.3 is 15.0 Å². The topological polar surface area (TPSA) is 24.5 Å². The molecule has 3 nitrogen and oxygen atoms in total. The van der Waals surface area contributed by atoms with Crippen LogP contribution >= 0.6 is 0 Å². The minimum absolute atomic E-state index is 0.467. The maximum atomic E-state index is 5.78. The molecule has 1 N–H and O–H groups in total. The molecular weight excluding hydrogens is 212 g/mol. The van der Waals surface area contributed by atoms with Crippen LogP contribution in [-0.2, 0) is 4.74 Å². The van der Waals surface area contributed by atoms with Crippen LogP contribution in [0.15, 0.2) is 0 Å². The van der Waals surface area contributed by atoms with Gasteiger partial charge in [0.1, 0.15) is 0 Å². The Morgan fingerprint density at radius 3 is 2.65 bits per heavy atom. The third-order valence-electron chi connectivity index (χ3n) is 3.63. The second-order valence-electron chi connectivity index (χ2n) is 5.67. The van der Waals surface area contributed by atoms with Crippen molar-refractivity contribution in [3.63, 3.8) is 0 Å². The van der Waals surface area contributed by atoms with Crippen molar-refractivity contribution in [2.24, 2.45) is 0 Å². The number of hydrogen-bond acceptors (Lipinski definition) is 3. The molecule has 0 aromatic heterocycles. The SMILES string of the molecule is CC(C)NCCC(C)N(C)CC1CCCCO1. The van der Waals surface area contributed by atoms with Gasteiger partial charge in [0.25, 0.3) is 0 Å². The molecule has 1 rings (SSSR count). The summed E-state index contributed by atoms with van der Waals surface area (Å²) in [7, 11) is 2.22. The van der Waals surface area contributed by atoms with Crippen molar-refractivity contribution in [3.8, 4) is 0 Å². The number of ether oxygens (including phenoxy) is 1. The molecule has 1 aliphatic rings. The molecule has 1 saturated heterocycles. The van der Waals surface area contributed by atoms with Crippen LogP contribution in [-0.4, -0.2) is 49.8 Å². The lowest BCUT2D eigenvalue weighted by Gasteiger charge is -2.31. The predicted octanol–water partition coefficient (Wildman–Crippen LogP) is 2.26. The Morgan fingerprint density at radius 1 is 1.29 bits per heavy atom. The van der Waals surface area contributed by atoms with Gasteiger partial charge in [-0.05, 0) is 46.2 Å². The summed E-state index contributed by atoms with van der Waals surface area (Å²) in [4.78, 5) is 2.44. The van der Waals surface area contributed by atoms with E-state index in [4.69, 9.17) is 4.74 Å². The summed E-state index contributed by atoms with van der Waals surface area (Å²) in [6.45, 7) is 9.86. The first kappa shape index (κ1) is 14.9. The molecule has 0 aromatic rings. The molecule has 102 valence electrons. The van der Waals surface area contributed by atoms with Gasteiger partial charge in [0, 0.05) is 25.2 Å². The van der Waals surface area contributed by atoms with E-state index in [0.29, 0.717) is 18.2 Å². The van der Waals surface area contributed by atoms with Crippen LogP contribution in [0.1, 0.15) is 46.5 Å². The average Bonchev–Trinajstić information content (AvgIpc) is 2.29. The van der Waals surface area contributed by atoms with Crippen molar-refractivity contribution in [2.45, 2.75) is 64.6 Å². The molecular formula is C14H30N2O. The summed E-state index contributed by atoms with van der Waals surface area (Å²) >= 11 is 0. The molecule has 1 fully saturated rings. The standard InChI is InChI=1S/C14H30N2O/c1-12(2)15-9-8-13(3)16(4)11-14-7-5-6-10-17-14/h12-15H,5-11H2,1-4H3. The molecule has 17 heavy (non-hydrogen) atoms. The largest absolute Gasteiger partial charge is 0.377 e. The van der Waals surface area contributed by atoms with Crippen LogP contribution in [0, 0.1) is 0 Å². The van der Waals surface area contributed by atoms with Gasteiger partial charge >= 0.3 is 0 Å². The minimum atomic E-state index is 0.467. The number of nitrogens with zero attached hydrogens (tertiary/aromatic N) is 1. The van der Waals surface area contributed by atoms with E-state index in [-0.39, 0.29) is 0 Å².